The Bertz CT molecular complexity index is 1140. The number of Topliss-reactive ketones (excluding diaryl/α,β-unsaturated/α-hetero) is 1. The summed E-state index contributed by atoms with van der Waals surface area (Å²) in [5.74, 6) is -1.29. The largest absolute Gasteiger partial charge is 0.507 e. The zero-order chi connectivity index (χ0) is 21.3. The van der Waals surface area contributed by atoms with Crippen LogP contribution in [0.1, 0.15) is 17.2 Å². The number of hydrogen-bond donors (Lipinski definition) is 1. The molecule has 30 heavy (non-hydrogen) atoms. The van der Waals surface area contributed by atoms with Gasteiger partial charge in [0.15, 0.2) is 0 Å². The lowest BCUT2D eigenvalue weighted by Gasteiger charge is -2.26. The normalized spacial score (nSPS) is 17.9. The van der Waals surface area contributed by atoms with Gasteiger partial charge in [0.1, 0.15) is 11.5 Å². The standard InChI is InChI=1S/C24H18ClNO4/c1-30-19-10-6-5-9-18(19)26-21(15-11-13-17(25)14-12-15)20(23(28)24(26)29)22(27)16-7-3-2-4-8-16/h2-14,21,27H,1H3/b22-20-. The fourth-order valence-corrected chi connectivity index (χ4v) is 3.75. The van der Waals surface area contributed by atoms with Crippen molar-refractivity contribution in [1.82, 2.24) is 0 Å². The summed E-state index contributed by atoms with van der Waals surface area (Å²) in [5.41, 5.74) is 1.55. The lowest BCUT2D eigenvalue weighted by molar-refractivity contribution is -0.132. The van der Waals surface area contributed by atoms with Crippen molar-refractivity contribution >= 4 is 34.7 Å². The van der Waals surface area contributed by atoms with Gasteiger partial charge >= 0.3 is 0 Å². The van der Waals surface area contributed by atoms with Gasteiger partial charge in [-0.1, -0.05) is 66.2 Å². The number of hydrogen-bond acceptors (Lipinski definition) is 4. The van der Waals surface area contributed by atoms with Crippen LogP contribution in [0.4, 0.5) is 5.69 Å². The Morgan fingerprint density at radius 3 is 2.23 bits per heavy atom. The van der Waals surface area contributed by atoms with E-state index in [4.69, 9.17) is 16.3 Å². The Kier molecular flexibility index (Phi) is 5.29. The third-order valence-electron chi connectivity index (χ3n) is 5.02. The van der Waals surface area contributed by atoms with E-state index in [1.165, 1.54) is 12.0 Å². The summed E-state index contributed by atoms with van der Waals surface area (Å²) >= 11 is 6.04. The molecule has 1 atom stereocenters. The molecule has 1 N–H and O–H groups in total. The van der Waals surface area contributed by atoms with Crippen LogP contribution >= 0.6 is 11.6 Å². The zero-order valence-electron chi connectivity index (χ0n) is 16.1. The molecule has 3 aromatic rings. The lowest BCUT2D eigenvalue weighted by Crippen LogP contribution is -2.29. The van der Waals surface area contributed by atoms with E-state index >= 15 is 0 Å². The summed E-state index contributed by atoms with van der Waals surface area (Å²) < 4.78 is 5.42. The topological polar surface area (TPSA) is 66.8 Å². The predicted octanol–water partition coefficient (Wildman–Crippen LogP) is 4.97. The van der Waals surface area contributed by atoms with Gasteiger partial charge in [0.2, 0.25) is 0 Å². The zero-order valence-corrected chi connectivity index (χ0v) is 16.8. The van der Waals surface area contributed by atoms with Crippen LogP contribution in [0.5, 0.6) is 5.75 Å². The quantitative estimate of drug-likeness (QED) is 0.368. The first-order chi connectivity index (χ1) is 14.5. The fraction of sp³-hybridized carbons (Fsp3) is 0.0833. The Balaban J connectivity index is 1.97. The molecule has 0 aromatic heterocycles. The molecule has 1 fully saturated rings. The molecular weight excluding hydrogens is 402 g/mol. The summed E-state index contributed by atoms with van der Waals surface area (Å²) in [6, 6.07) is 21.6. The summed E-state index contributed by atoms with van der Waals surface area (Å²) in [7, 11) is 1.50. The van der Waals surface area contributed by atoms with Crippen molar-refractivity contribution < 1.29 is 19.4 Å². The summed E-state index contributed by atoms with van der Waals surface area (Å²) in [4.78, 5) is 27.6. The monoisotopic (exact) mass is 419 g/mol. The average molecular weight is 420 g/mol. The van der Waals surface area contributed by atoms with Crippen LogP contribution in [0.15, 0.2) is 84.4 Å². The van der Waals surface area contributed by atoms with Gasteiger partial charge in [-0.05, 0) is 29.8 Å². The van der Waals surface area contributed by atoms with E-state index in [1.807, 2.05) is 0 Å². The van der Waals surface area contributed by atoms with Crippen LogP contribution in [0, 0.1) is 0 Å². The van der Waals surface area contributed by atoms with Gasteiger partial charge in [-0.3, -0.25) is 14.5 Å². The molecule has 150 valence electrons. The minimum Gasteiger partial charge on any atom is -0.507 e. The summed E-state index contributed by atoms with van der Waals surface area (Å²) in [6.45, 7) is 0. The second-order valence-electron chi connectivity index (χ2n) is 6.76. The third-order valence-corrected chi connectivity index (χ3v) is 5.27. The molecular formula is C24H18ClNO4. The molecule has 5 nitrogen and oxygen atoms in total. The highest BCUT2D eigenvalue weighted by molar-refractivity contribution is 6.52. The predicted molar refractivity (Wildman–Crippen MR) is 116 cm³/mol. The van der Waals surface area contributed by atoms with E-state index in [2.05, 4.69) is 0 Å². The molecule has 3 aromatic carbocycles. The highest BCUT2D eigenvalue weighted by atomic mass is 35.5. The van der Waals surface area contributed by atoms with Gasteiger partial charge in [-0.15, -0.1) is 0 Å². The Hall–Kier alpha value is -3.57. The van der Waals surface area contributed by atoms with Gasteiger partial charge in [0, 0.05) is 10.6 Å². The molecule has 1 amide bonds. The summed E-state index contributed by atoms with van der Waals surface area (Å²) in [6.07, 6.45) is 0. The van der Waals surface area contributed by atoms with Crippen molar-refractivity contribution in [2.24, 2.45) is 0 Å². The van der Waals surface area contributed by atoms with Crippen LogP contribution in [0.2, 0.25) is 5.02 Å². The molecule has 0 bridgehead atoms. The molecule has 0 radical (unpaired) electrons. The second-order valence-corrected chi connectivity index (χ2v) is 7.19. The van der Waals surface area contributed by atoms with Crippen molar-refractivity contribution in [3.05, 3.63) is 101 Å². The van der Waals surface area contributed by atoms with Gasteiger partial charge in [-0.25, -0.2) is 0 Å². The van der Waals surface area contributed by atoms with E-state index in [9.17, 15) is 14.7 Å². The number of rotatable bonds is 4. The number of ketones is 1. The number of carbonyl (C=O) groups is 2. The molecule has 0 aliphatic carbocycles. The smallest absolute Gasteiger partial charge is 0.300 e. The van der Waals surface area contributed by atoms with Crippen molar-refractivity contribution in [2.75, 3.05) is 12.0 Å². The number of carbonyl (C=O) groups excluding carboxylic acids is 2. The maximum atomic E-state index is 13.1. The number of ether oxygens (including phenoxy) is 1. The van der Waals surface area contributed by atoms with Crippen molar-refractivity contribution in [2.45, 2.75) is 6.04 Å². The number of benzene rings is 3. The number of aliphatic hydroxyl groups excluding tert-OH is 1. The molecule has 0 saturated carbocycles. The van der Waals surface area contributed by atoms with Crippen LogP contribution in [0.25, 0.3) is 5.76 Å². The highest BCUT2D eigenvalue weighted by Crippen LogP contribution is 2.44. The number of halogens is 1. The van der Waals surface area contributed by atoms with E-state index in [0.29, 0.717) is 27.6 Å². The van der Waals surface area contributed by atoms with Crippen LogP contribution in [-0.4, -0.2) is 23.9 Å². The first kappa shape index (κ1) is 19.7. The van der Waals surface area contributed by atoms with Crippen molar-refractivity contribution in [3.63, 3.8) is 0 Å². The van der Waals surface area contributed by atoms with Gasteiger partial charge in [-0.2, -0.15) is 0 Å². The molecule has 1 saturated heterocycles. The Morgan fingerprint density at radius 1 is 0.933 bits per heavy atom. The average Bonchev–Trinajstić information content (AvgIpc) is 3.05. The number of amides is 1. The van der Waals surface area contributed by atoms with Crippen LogP contribution in [0.3, 0.4) is 0 Å². The molecule has 1 heterocycles. The molecule has 1 aliphatic heterocycles. The first-order valence-corrected chi connectivity index (χ1v) is 9.65. The van der Waals surface area contributed by atoms with Crippen molar-refractivity contribution in [1.29, 1.82) is 0 Å². The van der Waals surface area contributed by atoms with E-state index < -0.39 is 17.7 Å². The minimum absolute atomic E-state index is 0.0134. The number of para-hydroxylation sites is 2. The number of nitrogens with zero attached hydrogens (tertiary/aromatic N) is 1. The van der Waals surface area contributed by atoms with E-state index in [0.717, 1.165) is 0 Å². The number of anilines is 1. The van der Waals surface area contributed by atoms with Crippen LogP contribution in [-0.2, 0) is 9.59 Å². The SMILES string of the molecule is COc1ccccc1N1C(=O)C(=O)/C(=C(\O)c2ccccc2)C1c1ccc(Cl)cc1. The molecule has 1 unspecified atom stereocenters. The third kappa shape index (κ3) is 3.33. The molecule has 0 spiro atoms. The molecule has 1 aliphatic rings. The lowest BCUT2D eigenvalue weighted by atomic mass is 9.95. The Morgan fingerprint density at radius 2 is 1.57 bits per heavy atom. The maximum absolute atomic E-state index is 13.1. The van der Waals surface area contributed by atoms with Gasteiger partial charge < -0.3 is 9.84 Å². The first-order valence-electron chi connectivity index (χ1n) is 9.28. The van der Waals surface area contributed by atoms with E-state index in [1.54, 1.807) is 78.9 Å². The highest BCUT2D eigenvalue weighted by Gasteiger charge is 2.47. The van der Waals surface area contributed by atoms with Crippen molar-refractivity contribution in [3.8, 4) is 5.75 Å². The number of aliphatic hydroxyl groups is 1. The second kappa shape index (κ2) is 8.05. The Labute approximate surface area is 178 Å². The maximum Gasteiger partial charge on any atom is 0.300 e. The molecule has 6 heteroatoms. The minimum atomic E-state index is -0.834. The fourth-order valence-electron chi connectivity index (χ4n) is 3.62. The van der Waals surface area contributed by atoms with Gasteiger partial charge in [0.25, 0.3) is 11.7 Å². The van der Waals surface area contributed by atoms with E-state index in [-0.39, 0.29) is 11.3 Å². The number of methoxy groups -OCH3 is 1. The van der Waals surface area contributed by atoms with Crippen LogP contribution < -0.4 is 9.64 Å². The summed E-state index contributed by atoms with van der Waals surface area (Å²) in [5, 5.41) is 11.5. The van der Waals surface area contributed by atoms with Gasteiger partial charge in [0.05, 0.1) is 24.4 Å². The molecule has 4 rings (SSSR count).